The van der Waals surface area contributed by atoms with E-state index >= 15 is 0 Å². The zero-order valence-corrected chi connectivity index (χ0v) is 18.3. The van der Waals surface area contributed by atoms with Gasteiger partial charge >= 0.3 is 5.97 Å². The summed E-state index contributed by atoms with van der Waals surface area (Å²) in [6.07, 6.45) is 1.77. The number of para-hydroxylation sites is 2. The van der Waals surface area contributed by atoms with Gasteiger partial charge in [-0.1, -0.05) is 25.5 Å². The van der Waals surface area contributed by atoms with Crippen molar-refractivity contribution in [3.63, 3.8) is 0 Å². The standard InChI is InChI=1S/C24H27N3O4/c1-5-6-13-31-23(28)21-15(2)25-24-26-18-9-7-8-10-19(18)27(24)22(21)17-12-11-16(29-3)14-20(17)30-4/h7-12,14,22H,5-6,13H2,1-4H3,(H,25,26)/t22-/m0/s1. The van der Waals surface area contributed by atoms with Crippen molar-refractivity contribution in [1.82, 2.24) is 9.55 Å². The fourth-order valence-corrected chi connectivity index (χ4v) is 3.95. The zero-order valence-electron chi connectivity index (χ0n) is 18.3. The third-order valence-electron chi connectivity index (χ3n) is 5.52. The van der Waals surface area contributed by atoms with Gasteiger partial charge in [0.15, 0.2) is 0 Å². The van der Waals surface area contributed by atoms with Gasteiger partial charge in [-0.2, -0.15) is 0 Å². The minimum absolute atomic E-state index is 0.343. The Morgan fingerprint density at radius 2 is 1.97 bits per heavy atom. The third-order valence-corrected chi connectivity index (χ3v) is 5.52. The number of unbranched alkanes of at least 4 members (excludes halogenated alkanes) is 1. The highest BCUT2D eigenvalue weighted by Crippen LogP contribution is 2.43. The molecule has 0 aliphatic carbocycles. The topological polar surface area (TPSA) is 74.6 Å². The molecule has 0 radical (unpaired) electrons. The Kier molecular flexibility index (Phi) is 5.84. The predicted octanol–water partition coefficient (Wildman–Crippen LogP) is 4.69. The lowest BCUT2D eigenvalue weighted by atomic mass is 9.94. The Labute approximate surface area is 181 Å². The predicted molar refractivity (Wildman–Crippen MR) is 120 cm³/mol. The molecule has 1 atom stereocenters. The molecule has 1 aliphatic rings. The van der Waals surface area contributed by atoms with Crippen molar-refractivity contribution in [2.75, 3.05) is 26.1 Å². The summed E-state index contributed by atoms with van der Waals surface area (Å²) >= 11 is 0. The molecule has 1 aromatic heterocycles. The second-order valence-electron chi connectivity index (χ2n) is 7.46. The first-order chi connectivity index (χ1) is 15.1. The summed E-state index contributed by atoms with van der Waals surface area (Å²) in [5.74, 6) is 1.64. The first-order valence-corrected chi connectivity index (χ1v) is 10.4. The minimum Gasteiger partial charge on any atom is -0.497 e. The number of aromatic nitrogens is 2. The number of nitrogens with zero attached hydrogens (tertiary/aromatic N) is 2. The number of anilines is 1. The number of nitrogens with one attached hydrogen (secondary N) is 1. The molecule has 0 spiro atoms. The van der Waals surface area contributed by atoms with Gasteiger partial charge in [-0.15, -0.1) is 0 Å². The number of ether oxygens (including phenoxy) is 3. The molecule has 0 unspecified atom stereocenters. The smallest absolute Gasteiger partial charge is 0.338 e. The van der Waals surface area contributed by atoms with E-state index in [1.54, 1.807) is 14.2 Å². The van der Waals surface area contributed by atoms with E-state index in [0.29, 0.717) is 35.3 Å². The van der Waals surface area contributed by atoms with Gasteiger partial charge in [0, 0.05) is 17.3 Å². The molecule has 0 bridgehead atoms. The number of fused-ring (bicyclic) bond motifs is 3. The number of imidazole rings is 1. The Bertz CT molecular complexity index is 1150. The van der Waals surface area contributed by atoms with Crippen LogP contribution in [0.5, 0.6) is 11.5 Å². The molecule has 7 heteroatoms. The van der Waals surface area contributed by atoms with Crippen LogP contribution < -0.4 is 14.8 Å². The van der Waals surface area contributed by atoms with Crippen LogP contribution in [-0.2, 0) is 9.53 Å². The number of hydrogen-bond donors (Lipinski definition) is 1. The SMILES string of the molecule is CCCCOC(=O)C1=C(C)Nc2nc3ccccc3n2[C@H]1c1ccc(OC)cc1OC. The quantitative estimate of drug-likeness (QED) is 0.441. The van der Waals surface area contributed by atoms with E-state index in [1.807, 2.05) is 54.0 Å². The van der Waals surface area contributed by atoms with Gasteiger partial charge in [-0.05, 0) is 37.6 Å². The highest BCUT2D eigenvalue weighted by molar-refractivity contribution is 5.94. The molecule has 7 nitrogen and oxygen atoms in total. The van der Waals surface area contributed by atoms with Crippen LogP contribution in [0, 0.1) is 0 Å². The minimum atomic E-state index is -0.460. The Morgan fingerprint density at radius 1 is 1.16 bits per heavy atom. The summed E-state index contributed by atoms with van der Waals surface area (Å²) in [5.41, 5.74) is 3.84. The first-order valence-electron chi connectivity index (χ1n) is 10.4. The highest BCUT2D eigenvalue weighted by Gasteiger charge is 2.36. The average molecular weight is 421 g/mol. The van der Waals surface area contributed by atoms with Gasteiger partial charge < -0.3 is 19.5 Å². The summed E-state index contributed by atoms with van der Waals surface area (Å²) in [5, 5.41) is 3.30. The number of allylic oxidation sites excluding steroid dienone is 1. The number of methoxy groups -OCH3 is 2. The van der Waals surface area contributed by atoms with Crippen molar-refractivity contribution in [3.05, 3.63) is 59.3 Å². The molecule has 2 heterocycles. The highest BCUT2D eigenvalue weighted by atomic mass is 16.5. The van der Waals surface area contributed by atoms with Crippen LogP contribution in [0.3, 0.4) is 0 Å². The van der Waals surface area contributed by atoms with Crippen LogP contribution in [0.1, 0.15) is 38.3 Å². The van der Waals surface area contributed by atoms with Crippen molar-refractivity contribution in [2.45, 2.75) is 32.7 Å². The van der Waals surface area contributed by atoms with Crippen LogP contribution in [0.4, 0.5) is 5.95 Å². The Hall–Kier alpha value is -3.48. The zero-order chi connectivity index (χ0) is 22.0. The molecule has 2 aromatic carbocycles. The number of carbonyl (C=O) groups is 1. The molecule has 0 saturated heterocycles. The monoisotopic (exact) mass is 421 g/mol. The molecular formula is C24H27N3O4. The molecule has 0 saturated carbocycles. The number of carbonyl (C=O) groups excluding carboxylic acids is 1. The second-order valence-corrected chi connectivity index (χ2v) is 7.46. The molecule has 31 heavy (non-hydrogen) atoms. The summed E-state index contributed by atoms with van der Waals surface area (Å²) < 4.78 is 18.7. The maximum Gasteiger partial charge on any atom is 0.338 e. The molecule has 0 amide bonds. The fraction of sp³-hybridized carbons (Fsp3) is 0.333. The summed E-state index contributed by atoms with van der Waals surface area (Å²) in [7, 11) is 3.23. The van der Waals surface area contributed by atoms with E-state index in [2.05, 4.69) is 12.2 Å². The van der Waals surface area contributed by atoms with Gasteiger partial charge in [0.25, 0.3) is 0 Å². The summed E-state index contributed by atoms with van der Waals surface area (Å²) in [6, 6.07) is 13.0. The number of benzene rings is 2. The van der Waals surface area contributed by atoms with Crippen LogP contribution in [0.15, 0.2) is 53.7 Å². The van der Waals surface area contributed by atoms with E-state index in [4.69, 9.17) is 19.2 Å². The molecule has 1 N–H and O–H groups in total. The largest absolute Gasteiger partial charge is 0.497 e. The van der Waals surface area contributed by atoms with Crippen LogP contribution in [0.25, 0.3) is 11.0 Å². The van der Waals surface area contributed by atoms with Crippen molar-refractivity contribution in [2.24, 2.45) is 0 Å². The van der Waals surface area contributed by atoms with Gasteiger partial charge in [0.1, 0.15) is 11.5 Å². The number of hydrogen-bond acceptors (Lipinski definition) is 6. The van der Waals surface area contributed by atoms with E-state index in [9.17, 15) is 4.79 Å². The van der Waals surface area contributed by atoms with Gasteiger partial charge in [-0.3, -0.25) is 4.57 Å². The lowest BCUT2D eigenvalue weighted by Crippen LogP contribution is -2.29. The molecule has 162 valence electrons. The average Bonchev–Trinajstić information content (AvgIpc) is 3.15. The van der Waals surface area contributed by atoms with Crippen molar-refractivity contribution < 1.29 is 19.0 Å². The maximum atomic E-state index is 13.2. The van der Waals surface area contributed by atoms with Crippen LogP contribution in [0.2, 0.25) is 0 Å². The van der Waals surface area contributed by atoms with Gasteiger partial charge in [-0.25, -0.2) is 9.78 Å². The van der Waals surface area contributed by atoms with Gasteiger partial charge in [0.05, 0.1) is 43.5 Å². The van der Waals surface area contributed by atoms with Crippen LogP contribution >= 0.6 is 0 Å². The summed E-state index contributed by atoms with van der Waals surface area (Å²) in [4.78, 5) is 18.0. The third kappa shape index (κ3) is 3.71. The molecule has 0 fully saturated rings. The molecule has 3 aromatic rings. The molecule has 1 aliphatic heterocycles. The van der Waals surface area contributed by atoms with Crippen molar-refractivity contribution >= 4 is 23.0 Å². The molecule has 4 rings (SSSR count). The fourth-order valence-electron chi connectivity index (χ4n) is 3.95. The second kappa shape index (κ2) is 8.71. The van der Waals surface area contributed by atoms with E-state index < -0.39 is 6.04 Å². The number of esters is 1. The number of rotatable bonds is 7. The Balaban J connectivity index is 1.92. The molecular weight excluding hydrogens is 394 g/mol. The van der Waals surface area contributed by atoms with E-state index in [0.717, 1.165) is 29.4 Å². The van der Waals surface area contributed by atoms with Crippen molar-refractivity contribution in [1.29, 1.82) is 0 Å². The maximum absolute atomic E-state index is 13.2. The van der Waals surface area contributed by atoms with Crippen molar-refractivity contribution in [3.8, 4) is 11.5 Å². The van der Waals surface area contributed by atoms with E-state index in [1.165, 1.54) is 0 Å². The normalized spacial score (nSPS) is 15.4. The Morgan fingerprint density at radius 3 is 2.71 bits per heavy atom. The lowest BCUT2D eigenvalue weighted by Gasteiger charge is -2.31. The first kappa shape index (κ1) is 20.8. The lowest BCUT2D eigenvalue weighted by molar-refractivity contribution is -0.139. The summed E-state index contributed by atoms with van der Waals surface area (Å²) in [6.45, 7) is 4.33. The van der Waals surface area contributed by atoms with Gasteiger partial charge in [0.2, 0.25) is 5.95 Å². The van der Waals surface area contributed by atoms with Crippen LogP contribution in [-0.4, -0.2) is 36.3 Å². The van der Waals surface area contributed by atoms with E-state index in [-0.39, 0.29) is 5.97 Å².